The summed E-state index contributed by atoms with van der Waals surface area (Å²) in [4.78, 5) is 14.2. The van der Waals surface area contributed by atoms with Crippen molar-refractivity contribution in [1.82, 2.24) is 14.7 Å². The number of carbonyl (C=O) groups excluding carboxylic acids is 1. The summed E-state index contributed by atoms with van der Waals surface area (Å²) in [6.45, 7) is 9.38. The number of amides is 1. The molecule has 0 bridgehead atoms. The Morgan fingerprint density at radius 2 is 2.12 bits per heavy atom. The number of hydrogen-bond donors (Lipinski definition) is 1. The van der Waals surface area contributed by atoms with Gasteiger partial charge in [-0.1, -0.05) is 13.8 Å². The van der Waals surface area contributed by atoms with Crippen LogP contribution in [-0.4, -0.2) is 33.7 Å². The first-order valence-electron chi connectivity index (χ1n) is 5.96. The minimum atomic E-state index is -0.0400. The van der Waals surface area contributed by atoms with Crippen molar-refractivity contribution in [2.45, 2.75) is 27.7 Å². The first kappa shape index (κ1) is 13.5. The summed E-state index contributed by atoms with van der Waals surface area (Å²) in [7, 11) is 1.75. The number of anilines is 1. The second-order valence-corrected chi connectivity index (χ2v) is 4.71. The molecular weight excluding hydrogens is 216 g/mol. The zero-order chi connectivity index (χ0) is 13.2. The SMILES string of the molecule is CCN(CC(C)C)C(=O)c1c(N)c(C)nn1C. The molecule has 0 saturated carbocycles. The minimum absolute atomic E-state index is 0.0400. The van der Waals surface area contributed by atoms with Crippen molar-refractivity contribution in [3.8, 4) is 0 Å². The molecule has 0 saturated heterocycles. The lowest BCUT2D eigenvalue weighted by atomic mass is 10.2. The third-order valence-electron chi connectivity index (χ3n) is 2.73. The number of nitrogens with two attached hydrogens (primary N) is 1. The number of hydrogen-bond acceptors (Lipinski definition) is 3. The predicted octanol–water partition coefficient (Wildman–Crippen LogP) is 1.43. The van der Waals surface area contributed by atoms with Crippen molar-refractivity contribution >= 4 is 11.6 Å². The van der Waals surface area contributed by atoms with E-state index in [-0.39, 0.29) is 5.91 Å². The molecule has 2 N–H and O–H groups in total. The van der Waals surface area contributed by atoms with Gasteiger partial charge in [-0.2, -0.15) is 5.10 Å². The summed E-state index contributed by atoms with van der Waals surface area (Å²) in [5, 5.41) is 4.17. The number of carbonyl (C=O) groups is 1. The van der Waals surface area contributed by atoms with Gasteiger partial charge in [0.2, 0.25) is 0 Å². The molecule has 1 amide bonds. The van der Waals surface area contributed by atoms with E-state index in [0.29, 0.717) is 29.5 Å². The number of rotatable bonds is 4. The zero-order valence-electron chi connectivity index (χ0n) is 11.3. The lowest BCUT2D eigenvalue weighted by Crippen LogP contribution is -2.35. The fraction of sp³-hybridized carbons (Fsp3) is 0.667. The van der Waals surface area contributed by atoms with Gasteiger partial charge >= 0.3 is 0 Å². The van der Waals surface area contributed by atoms with Gasteiger partial charge in [0.25, 0.3) is 5.91 Å². The van der Waals surface area contributed by atoms with Crippen molar-refractivity contribution in [2.75, 3.05) is 18.8 Å². The van der Waals surface area contributed by atoms with E-state index in [1.54, 1.807) is 16.6 Å². The second-order valence-electron chi connectivity index (χ2n) is 4.71. The van der Waals surface area contributed by atoms with Crippen molar-refractivity contribution in [2.24, 2.45) is 13.0 Å². The van der Waals surface area contributed by atoms with Gasteiger partial charge in [0, 0.05) is 20.1 Å². The topological polar surface area (TPSA) is 64.2 Å². The van der Waals surface area contributed by atoms with Crippen LogP contribution in [0.5, 0.6) is 0 Å². The first-order chi connectivity index (χ1) is 7.88. The average Bonchev–Trinajstić information content (AvgIpc) is 2.48. The van der Waals surface area contributed by atoms with Crippen molar-refractivity contribution < 1.29 is 4.79 Å². The Balaban J connectivity index is 3.01. The van der Waals surface area contributed by atoms with Crippen LogP contribution >= 0.6 is 0 Å². The molecule has 1 heterocycles. The molecule has 0 aliphatic heterocycles. The molecule has 0 unspecified atom stereocenters. The maximum absolute atomic E-state index is 12.4. The monoisotopic (exact) mass is 238 g/mol. The van der Waals surface area contributed by atoms with Crippen LogP contribution in [0.2, 0.25) is 0 Å². The van der Waals surface area contributed by atoms with Gasteiger partial charge in [0.15, 0.2) is 0 Å². The summed E-state index contributed by atoms with van der Waals surface area (Å²) in [5.41, 5.74) is 7.58. The highest BCUT2D eigenvalue weighted by molar-refractivity contribution is 5.97. The van der Waals surface area contributed by atoms with E-state index in [1.807, 2.05) is 13.8 Å². The normalized spacial score (nSPS) is 10.9. The van der Waals surface area contributed by atoms with E-state index < -0.39 is 0 Å². The fourth-order valence-corrected chi connectivity index (χ4v) is 1.87. The molecule has 96 valence electrons. The standard InChI is InChI=1S/C12H22N4O/c1-6-16(7-8(2)3)12(17)11-10(13)9(4)14-15(11)5/h8H,6-7,13H2,1-5H3. The molecule has 1 rings (SSSR count). The minimum Gasteiger partial charge on any atom is -0.395 e. The molecule has 1 aromatic heterocycles. The van der Waals surface area contributed by atoms with Crippen LogP contribution in [0.3, 0.4) is 0 Å². The molecule has 0 atom stereocenters. The third-order valence-corrected chi connectivity index (χ3v) is 2.73. The second kappa shape index (κ2) is 5.21. The van der Waals surface area contributed by atoms with Gasteiger partial charge in [-0.05, 0) is 19.8 Å². The van der Waals surface area contributed by atoms with Gasteiger partial charge in [-0.15, -0.1) is 0 Å². The molecule has 0 fully saturated rings. The van der Waals surface area contributed by atoms with Gasteiger partial charge in [-0.25, -0.2) is 0 Å². The first-order valence-corrected chi connectivity index (χ1v) is 5.96. The largest absolute Gasteiger partial charge is 0.395 e. The van der Waals surface area contributed by atoms with Crippen LogP contribution in [0.1, 0.15) is 37.0 Å². The van der Waals surface area contributed by atoms with Crippen LogP contribution < -0.4 is 5.73 Å². The highest BCUT2D eigenvalue weighted by Crippen LogP contribution is 2.17. The highest BCUT2D eigenvalue weighted by atomic mass is 16.2. The molecule has 1 aromatic rings. The Hall–Kier alpha value is -1.52. The Kier molecular flexibility index (Phi) is 4.15. The quantitative estimate of drug-likeness (QED) is 0.863. The lowest BCUT2D eigenvalue weighted by Gasteiger charge is -2.23. The Morgan fingerprint density at radius 3 is 2.47 bits per heavy atom. The van der Waals surface area contributed by atoms with E-state index in [9.17, 15) is 4.79 Å². The molecule has 17 heavy (non-hydrogen) atoms. The Bertz CT molecular complexity index is 409. The van der Waals surface area contributed by atoms with Crippen LogP contribution in [0.15, 0.2) is 0 Å². The Labute approximate surface area is 103 Å². The number of aryl methyl sites for hydroxylation is 2. The maximum atomic E-state index is 12.4. The molecule has 0 spiro atoms. The molecule has 5 heteroatoms. The van der Waals surface area contributed by atoms with E-state index in [4.69, 9.17) is 5.73 Å². The van der Waals surface area contributed by atoms with Gasteiger partial charge in [0.1, 0.15) is 5.69 Å². The molecule has 0 aromatic carbocycles. The maximum Gasteiger partial charge on any atom is 0.274 e. The van der Waals surface area contributed by atoms with E-state index in [1.165, 1.54) is 0 Å². The average molecular weight is 238 g/mol. The fourth-order valence-electron chi connectivity index (χ4n) is 1.87. The third kappa shape index (κ3) is 2.78. The lowest BCUT2D eigenvalue weighted by molar-refractivity contribution is 0.0736. The van der Waals surface area contributed by atoms with Gasteiger partial charge in [-0.3, -0.25) is 9.48 Å². The van der Waals surface area contributed by atoms with E-state index >= 15 is 0 Å². The van der Waals surface area contributed by atoms with E-state index in [0.717, 1.165) is 6.54 Å². The van der Waals surface area contributed by atoms with Gasteiger partial charge in [0.05, 0.1) is 11.4 Å². The smallest absolute Gasteiger partial charge is 0.274 e. The summed E-state index contributed by atoms with van der Waals surface area (Å²) in [5.74, 6) is 0.399. The van der Waals surface area contributed by atoms with Crippen LogP contribution in [-0.2, 0) is 7.05 Å². The number of nitrogens with zero attached hydrogens (tertiary/aromatic N) is 3. The molecule has 0 aliphatic carbocycles. The van der Waals surface area contributed by atoms with Gasteiger partial charge < -0.3 is 10.6 Å². The number of aromatic nitrogens is 2. The van der Waals surface area contributed by atoms with Crippen molar-refractivity contribution in [3.63, 3.8) is 0 Å². The molecule has 5 nitrogen and oxygen atoms in total. The molecule has 0 aliphatic rings. The summed E-state index contributed by atoms with van der Waals surface area (Å²) in [6, 6.07) is 0. The summed E-state index contributed by atoms with van der Waals surface area (Å²) < 4.78 is 1.57. The summed E-state index contributed by atoms with van der Waals surface area (Å²) in [6.07, 6.45) is 0. The number of nitrogen functional groups attached to an aromatic ring is 1. The van der Waals surface area contributed by atoms with Crippen LogP contribution in [0.25, 0.3) is 0 Å². The Morgan fingerprint density at radius 1 is 1.53 bits per heavy atom. The molecular formula is C12H22N4O. The molecule has 0 radical (unpaired) electrons. The summed E-state index contributed by atoms with van der Waals surface area (Å²) >= 11 is 0. The van der Waals surface area contributed by atoms with Crippen molar-refractivity contribution in [1.29, 1.82) is 0 Å². The van der Waals surface area contributed by atoms with E-state index in [2.05, 4.69) is 18.9 Å². The van der Waals surface area contributed by atoms with Crippen LogP contribution in [0, 0.1) is 12.8 Å². The van der Waals surface area contributed by atoms with Crippen molar-refractivity contribution in [3.05, 3.63) is 11.4 Å². The highest BCUT2D eigenvalue weighted by Gasteiger charge is 2.22. The zero-order valence-corrected chi connectivity index (χ0v) is 11.3. The van der Waals surface area contributed by atoms with Crippen LogP contribution in [0.4, 0.5) is 5.69 Å². The predicted molar refractivity (Wildman–Crippen MR) is 68.8 cm³/mol.